The van der Waals surface area contributed by atoms with Crippen LogP contribution in [0.3, 0.4) is 0 Å². The summed E-state index contributed by atoms with van der Waals surface area (Å²) in [7, 11) is -6.11. The van der Waals surface area contributed by atoms with E-state index < -0.39 is 70.0 Å². The molecule has 1 fully saturated rings. The third kappa shape index (κ3) is 4.42. The molecule has 14 heteroatoms. The minimum atomic E-state index is -6.11. The lowest BCUT2D eigenvalue weighted by Gasteiger charge is -2.49. The lowest BCUT2D eigenvalue weighted by molar-refractivity contribution is -0.156. The molecule has 1 saturated heterocycles. The Morgan fingerprint density at radius 1 is 1.23 bits per heavy atom. The number of hydrogen-bond acceptors (Lipinski definition) is 7. The van der Waals surface area contributed by atoms with Crippen LogP contribution in [0, 0.1) is 0 Å². The highest BCUT2D eigenvalue weighted by Gasteiger charge is 2.56. The number of β-lactam (4-membered cyclic amide) rings is 1. The van der Waals surface area contributed by atoms with Crippen LogP contribution in [0.1, 0.15) is 12.8 Å². The van der Waals surface area contributed by atoms with Crippen LogP contribution in [0.15, 0.2) is 41.8 Å². The van der Waals surface area contributed by atoms with Crippen LogP contribution in [-0.4, -0.2) is 60.4 Å². The number of aliphatic carboxylic acids is 1. The average Bonchev–Trinajstić information content (AvgIpc) is 2.69. The monoisotopic (exact) mass is 464 g/mol. The van der Waals surface area contributed by atoms with Crippen LogP contribution in [0.25, 0.3) is 0 Å². The van der Waals surface area contributed by atoms with Gasteiger partial charge in [0.05, 0.1) is 6.04 Å². The van der Waals surface area contributed by atoms with Gasteiger partial charge in [-0.2, -0.15) is 21.6 Å². The molecule has 2 atom stereocenters. The number of halogens is 3. The van der Waals surface area contributed by atoms with Crippen LogP contribution in [0.4, 0.5) is 13.2 Å². The zero-order valence-electron chi connectivity index (χ0n) is 15.5. The molecule has 0 saturated carbocycles. The summed E-state index contributed by atoms with van der Waals surface area (Å²) >= 11 is 0. The van der Waals surface area contributed by atoms with Gasteiger partial charge in [-0.05, 0) is 18.6 Å². The quantitative estimate of drug-likeness (QED) is 0.342. The van der Waals surface area contributed by atoms with Gasteiger partial charge in [0.15, 0.2) is 18.1 Å². The third-order valence-corrected chi connectivity index (χ3v) is 5.51. The van der Waals surface area contributed by atoms with Crippen molar-refractivity contribution in [2.75, 3.05) is 6.61 Å². The first-order valence-corrected chi connectivity index (χ1v) is 10.1. The van der Waals surface area contributed by atoms with Gasteiger partial charge in [-0.3, -0.25) is 14.5 Å². The molecule has 0 unspecified atom stereocenters. The standard InChI is InChI=1S/C17H15F3N2O8S/c18-17(19,20)31(27,28)30-11-7-6-10-13(15(24)22(10)14(11)16(25)26)21-12(23)8-29-9-4-2-1-3-5-9/h1-5,10,13H,6-8H2,(H,21,23)(H,25,26)/t10-,13+/m1/s1. The van der Waals surface area contributed by atoms with Crippen LogP contribution in [0.5, 0.6) is 5.75 Å². The fourth-order valence-corrected chi connectivity index (χ4v) is 3.69. The number of benzene rings is 1. The molecule has 1 aromatic carbocycles. The Labute approximate surface area is 173 Å². The van der Waals surface area contributed by atoms with Crippen molar-refractivity contribution in [2.45, 2.75) is 30.4 Å². The van der Waals surface area contributed by atoms with Crippen molar-refractivity contribution >= 4 is 27.9 Å². The molecule has 168 valence electrons. The molecular formula is C17H15F3N2O8S. The number of allylic oxidation sites excluding steroid dienone is 1. The number of amides is 2. The van der Waals surface area contributed by atoms with Gasteiger partial charge in [0.25, 0.3) is 11.8 Å². The van der Waals surface area contributed by atoms with Crippen molar-refractivity contribution in [2.24, 2.45) is 0 Å². The van der Waals surface area contributed by atoms with Crippen molar-refractivity contribution in [3.05, 3.63) is 41.8 Å². The molecule has 2 aliphatic rings. The molecule has 2 amide bonds. The molecule has 31 heavy (non-hydrogen) atoms. The smallest absolute Gasteiger partial charge is 0.484 e. The van der Waals surface area contributed by atoms with E-state index in [1.807, 2.05) is 0 Å². The van der Waals surface area contributed by atoms with E-state index in [1.54, 1.807) is 30.3 Å². The van der Waals surface area contributed by atoms with Crippen LogP contribution in [-0.2, 0) is 28.7 Å². The van der Waals surface area contributed by atoms with Gasteiger partial charge in [0.2, 0.25) is 0 Å². The van der Waals surface area contributed by atoms with Crippen LogP contribution in [0.2, 0.25) is 0 Å². The molecule has 2 N–H and O–H groups in total. The first kappa shape index (κ1) is 22.4. The molecule has 10 nitrogen and oxygen atoms in total. The number of nitrogens with zero attached hydrogens (tertiary/aromatic N) is 1. The van der Waals surface area contributed by atoms with Crippen LogP contribution >= 0.6 is 0 Å². The second kappa shape index (κ2) is 8.09. The number of alkyl halides is 3. The van der Waals surface area contributed by atoms with E-state index in [1.165, 1.54) is 0 Å². The normalized spacial score (nSPS) is 21.1. The Morgan fingerprint density at radius 2 is 1.87 bits per heavy atom. The highest BCUT2D eigenvalue weighted by atomic mass is 32.2. The molecule has 0 spiro atoms. The van der Waals surface area contributed by atoms with E-state index in [9.17, 15) is 41.1 Å². The largest absolute Gasteiger partial charge is 0.534 e. The van der Waals surface area contributed by atoms with Gasteiger partial charge in [-0.25, -0.2) is 4.79 Å². The maximum absolute atomic E-state index is 12.6. The van der Waals surface area contributed by atoms with Crippen molar-refractivity contribution < 1.29 is 50.0 Å². The van der Waals surface area contributed by atoms with Crippen molar-refractivity contribution in [3.8, 4) is 5.75 Å². The van der Waals surface area contributed by atoms with E-state index in [4.69, 9.17) is 4.74 Å². The number of carbonyl (C=O) groups is 3. The Hall–Kier alpha value is -3.29. The zero-order chi connectivity index (χ0) is 23.0. The molecule has 2 heterocycles. The van der Waals surface area contributed by atoms with Gasteiger partial charge in [-0.1, -0.05) is 18.2 Å². The fraction of sp³-hybridized carbons (Fsp3) is 0.353. The predicted octanol–water partition coefficient (Wildman–Crippen LogP) is 0.717. The number of ether oxygens (including phenoxy) is 1. The second-order valence-electron chi connectivity index (χ2n) is 6.52. The van der Waals surface area contributed by atoms with Gasteiger partial charge in [0, 0.05) is 6.42 Å². The zero-order valence-corrected chi connectivity index (χ0v) is 16.3. The van der Waals surface area contributed by atoms with Crippen molar-refractivity contribution in [1.82, 2.24) is 10.2 Å². The second-order valence-corrected chi connectivity index (χ2v) is 8.06. The number of carboxylic acids is 1. The number of nitrogens with one attached hydrogen (secondary N) is 1. The van der Waals surface area contributed by atoms with Crippen LogP contribution < -0.4 is 10.1 Å². The van der Waals surface area contributed by atoms with Gasteiger partial charge >= 0.3 is 21.6 Å². The number of para-hydroxylation sites is 1. The van der Waals surface area contributed by atoms with E-state index >= 15 is 0 Å². The summed E-state index contributed by atoms with van der Waals surface area (Å²) in [6.45, 7) is -0.430. The minimum absolute atomic E-state index is 0.129. The maximum Gasteiger partial charge on any atom is 0.534 e. The molecule has 0 aliphatic carbocycles. The highest BCUT2D eigenvalue weighted by Crippen LogP contribution is 2.39. The van der Waals surface area contributed by atoms with E-state index in [-0.39, 0.29) is 6.42 Å². The Bertz CT molecular complexity index is 1040. The average molecular weight is 464 g/mol. The summed E-state index contributed by atoms with van der Waals surface area (Å²) < 4.78 is 69.3. The third-order valence-electron chi connectivity index (χ3n) is 4.52. The predicted molar refractivity (Wildman–Crippen MR) is 94.5 cm³/mol. The summed E-state index contributed by atoms with van der Waals surface area (Å²) in [6, 6.07) is 6.28. The van der Waals surface area contributed by atoms with E-state index in [0.717, 1.165) is 0 Å². The summed E-state index contributed by atoms with van der Waals surface area (Å²) in [5.74, 6) is -4.06. The van der Waals surface area contributed by atoms with Gasteiger partial charge in [0.1, 0.15) is 11.8 Å². The van der Waals surface area contributed by atoms with E-state index in [0.29, 0.717) is 10.6 Å². The lowest BCUT2D eigenvalue weighted by atomic mass is 9.86. The summed E-state index contributed by atoms with van der Waals surface area (Å²) in [5, 5.41) is 11.7. The number of carbonyl (C=O) groups excluding carboxylic acids is 2. The maximum atomic E-state index is 12.6. The minimum Gasteiger partial charge on any atom is -0.484 e. The number of rotatable bonds is 7. The SMILES string of the molecule is O=C(COc1ccccc1)N[C@@H]1C(=O)N2C(C(=O)O)=C(OS(=O)(=O)C(F)(F)F)CC[C@H]12. The number of hydrogen-bond donors (Lipinski definition) is 2. The molecule has 0 bridgehead atoms. The first-order valence-electron chi connectivity index (χ1n) is 8.70. The van der Waals surface area contributed by atoms with Gasteiger partial charge < -0.3 is 19.3 Å². The molecule has 3 rings (SSSR count). The fourth-order valence-electron chi connectivity index (χ4n) is 3.17. The van der Waals surface area contributed by atoms with Gasteiger partial charge in [-0.15, -0.1) is 0 Å². The number of fused-ring (bicyclic) bond motifs is 1. The molecule has 2 aliphatic heterocycles. The van der Waals surface area contributed by atoms with Crippen molar-refractivity contribution in [1.29, 1.82) is 0 Å². The Balaban J connectivity index is 1.70. The topological polar surface area (TPSA) is 139 Å². The molecule has 0 radical (unpaired) electrons. The first-order chi connectivity index (χ1) is 14.4. The molecule has 0 aromatic heterocycles. The van der Waals surface area contributed by atoms with Crippen molar-refractivity contribution in [3.63, 3.8) is 0 Å². The molecular weight excluding hydrogens is 449 g/mol. The highest BCUT2D eigenvalue weighted by molar-refractivity contribution is 7.87. The summed E-state index contributed by atoms with van der Waals surface area (Å²) in [5.41, 5.74) is -6.78. The molecule has 1 aromatic rings. The Kier molecular flexibility index (Phi) is 5.85. The number of carboxylic acid groups (broad SMARTS) is 1. The van der Waals surface area contributed by atoms with E-state index in [2.05, 4.69) is 9.50 Å². The lowest BCUT2D eigenvalue weighted by Crippen LogP contribution is -2.72. The summed E-state index contributed by atoms with van der Waals surface area (Å²) in [6.07, 6.45) is -0.631. The Morgan fingerprint density at radius 3 is 2.45 bits per heavy atom. The summed E-state index contributed by atoms with van der Waals surface area (Å²) in [4.78, 5) is 36.5.